The van der Waals surface area contributed by atoms with Crippen molar-refractivity contribution in [3.05, 3.63) is 47.8 Å². The minimum absolute atomic E-state index is 0.206. The van der Waals surface area contributed by atoms with Crippen LogP contribution < -0.4 is 9.64 Å². The number of carbonyl (C=O) groups is 1. The Bertz CT molecular complexity index is 685. The van der Waals surface area contributed by atoms with E-state index in [4.69, 9.17) is 4.74 Å². The second-order valence-electron chi connectivity index (χ2n) is 4.97. The van der Waals surface area contributed by atoms with Crippen LogP contribution in [0.25, 0.3) is 0 Å². The number of nitrogens with zero attached hydrogens (tertiary/aromatic N) is 2. The monoisotopic (exact) mass is 284 g/mol. The Labute approximate surface area is 122 Å². The largest absolute Gasteiger partial charge is 0.491 e. The van der Waals surface area contributed by atoms with E-state index in [1.807, 2.05) is 42.2 Å². The van der Waals surface area contributed by atoms with Gasteiger partial charge in [-0.3, -0.25) is 4.98 Å². The number of aryl methyl sites for hydroxylation is 1. The molecule has 1 aromatic heterocycles. The van der Waals surface area contributed by atoms with Gasteiger partial charge >= 0.3 is 5.97 Å². The van der Waals surface area contributed by atoms with Gasteiger partial charge in [-0.1, -0.05) is 12.1 Å². The zero-order valence-corrected chi connectivity index (χ0v) is 11.7. The second kappa shape index (κ2) is 5.44. The molecule has 1 N–H and O–H groups in total. The van der Waals surface area contributed by atoms with Gasteiger partial charge in [0.05, 0.1) is 18.0 Å². The van der Waals surface area contributed by atoms with Crippen molar-refractivity contribution in [2.45, 2.75) is 13.3 Å². The topological polar surface area (TPSA) is 62.7 Å². The van der Waals surface area contributed by atoms with E-state index < -0.39 is 5.97 Å². The van der Waals surface area contributed by atoms with Crippen molar-refractivity contribution < 1.29 is 14.6 Å². The molecule has 0 radical (unpaired) electrons. The fraction of sp³-hybridized carbons (Fsp3) is 0.250. The number of pyridine rings is 1. The van der Waals surface area contributed by atoms with Crippen LogP contribution in [0, 0.1) is 6.92 Å². The third-order valence-electron chi connectivity index (χ3n) is 3.48. The summed E-state index contributed by atoms with van der Waals surface area (Å²) in [6, 6.07) is 9.50. The van der Waals surface area contributed by atoms with E-state index >= 15 is 0 Å². The molecule has 0 unspecified atom stereocenters. The highest BCUT2D eigenvalue weighted by Gasteiger charge is 2.22. The number of para-hydroxylation sites is 2. The van der Waals surface area contributed by atoms with Gasteiger partial charge in [-0.25, -0.2) is 4.79 Å². The predicted molar refractivity (Wildman–Crippen MR) is 79.5 cm³/mol. The van der Waals surface area contributed by atoms with Crippen LogP contribution in [0.5, 0.6) is 5.75 Å². The first-order chi connectivity index (χ1) is 10.2. The predicted octanol–water partition coefficient (Wildman–Crippen LogP) is 3.01. The molecule has 0 bridgehead atoms. The molecule has 3 rings (SSSR count). The molecular weight excluding hydrogens is 268 g/mol. The lowest BCUT2D eigenvalue weighted by Crippen LogP contribution is -2.21. The summed E-state index contributed by atoms with van der Waals surface area (Å²) in [6.45, 7) is 3.19. The molecule has 2 aromatic rings. The molecule has 0 fully saturated rings. The lowest BCUT2D eigenvalue weighted by molar-refractivity contribution is 0.0697. The molecule has 2 heterocycles. The molecule has 21 heavy (non-hydrogen) atoms. The summed E-state index contributed by atoms with van der Waals surface area (Å²) in [5.41, 5.74) is 2.55. The minimum atomic E-state index is -0.972. The minimum Gasteiger partial charge on any atom is -0.491 e. The fourth-order valence-electron chi connectivity index (χ4n) is 2.51. The standard InChI is InChI=1S/C16H16N2O3/c1-11-9-14(12(10-17-11)16(19)20)18-7-4-8-21-15-6-3-2-5-13(15)18/h2-3,5-6,9-10H,4,7-8H2,1H3,(H,19,20). The SMILES string of the molecule is Cc1cc(N2CCCOc3ccccc32)c(C(=O)O)cn1. The van der Waals surface area contributed by atoms with Gasteiger partial charge in [0, 0.05) is 18.4 Å². The average Bonchev–Trinajstić information content (AvgIpc) is 2.69. The highest BCUT2D eigenvalue weighted by atomic mass is 16.5. The quantitative estimate of drug-likeness (QED) is 0.918. The molecule has 1 aliphatic rings. The summed E-state index contributed by atoms with van der Waals surface area (Å²) in [4.78, 5) is 17.6. The Morgan fingerprint density at radius 2 is 2.14 bits per heavy atom. The van der Waals surface area contributed by atoms with Crippen molar-refractivity contribution in [3.8, 4) is 5.75 Å². The van der Waals surface area contributed by atoms with Gasteiger partial charge in [-0.2, -0.15) is 0 Å². The van der Waals surface area contributed by atoms with E-state index in [-0.39, 0.29) is 5.56 Å². The van der Waals surface area contributed by atoms with E-state index in [2.05, 4.69) is 4.98 Å². The maximum Gasteiger partial charge on any atom is 0.339 e. The number of rotatable bonds is 2. The van der Waals surface area contributed by atoms with Gasteiger partial charge in [-0.05, 0) is 31.5 Å². The summed E-state index contributed by atoms with van der Waals surface area (Å²) >= 11 is 0. The van der Waals surface area contributed by atoms with Crippen LogP contribution in [-0.4, -0.2) is 29.2 Å². The van der Waals surface area contributed by atoms with Crippen LogP contribution in [0.4, 0.5) is 11.4 Å². The van der Waals surface area contributed by atoms with Gasteiger partial charge in [0.25, 0.3) is 0 Å². The number of carboxylic acids is 1. The Kier molecular flexibility index (Phi) is 3.48. The molecule has 1 aliphatic heterocycles. The third kappa shape index (κ3) is 2.54. The number of aromatic nitrogens is 1. The molecule has 0 aliphatic carbocycles. The molecule has 0 spiro atoms. The second-order valence-corrected chi connectivity index (χ2v) is 4.97. The number of hydrogen-bond donors (Lipinski definition) is 1. The summed E-state index contributed by atoms with van der Waals surface area (Å²) in [7, 11) is 0. The first-order valence-electron chi connectivity index (χ1n) is 6.86. The van der Waals surface area contributed by atoms with Gasteiger partial charge in [0.2, 0.25) is 0 Å². The van der Waals surface area contributed by atoms with Crippen molar-refractivity contribution in [1.82, 2.24) is 4.98 Å². The number of aromatic carboxylic acids is 1. The molecule has 0 amide bonds. The molecule has 5 heteroatoms. The lowest BCUT2D eigenvalue weighted by Gasteiger charge is -2.25. The van der Waals surface area contributed by atoms with E-state index in [0.29, 0.717) is 18.8 Å². The van der Waals surface area contributed by atoms with Crippen LogP contribution in [0.2, 0.25) is 0 Å². The number of anilines is 2. The normalized spacial score (nSPS) is 14.0. The summed E-state index contributed by atoms with van der Waals surface area (Å²) in [6.07, 6.45) is 2.25. The highest BCUT2D eigenvalue weighted by molar-refractivity contribution is 5.95. The summed E-state index contributed by atoms with van der Waals surface area (Å²) in [5.74, 6) is -0.194. The van der Waals surface area contributed by atoms with Crippen LogP contribution >= 0.6 is 0 Å². The van der Waals surface area contributed by atoms with E-state index in [1.165, 1.54) is 6.20 Å². The maximum absolute atomic E-state index is 11.5. The van der Waals surface area contributed by atoms with Crippen molar-refractivity contribution in [2.24, 2.45) is 0 Å². The van der Waals surface area contributed by atoms with Crippen LogP contribution in [0.15, 0.2) is 36.5 Å². The lowest BCUT2D eigenvalue weighted by atomic mass is 10.1. The molecule has 0 saturated carbocycles. The third-order valence-corrected chi connectivity index (χ3v) is 3.48. The van der Waals surface area contributed by atoms with E-state index in [1.54, 1.807) is 0 Å². The van der Waals surface area contributed by atoms with Gasteiger partial charge in [0.15, 0.2) is 0 Å². The van der Waals surface area contributed by atoms with Crippen molar-refractivity contribution in [1.29, 1.82) is 0 Å². The number of carboxylic acid groups (broad SMARTS) is 1. The Hall–Kier alpha value is -2.56. The maximum atomic E-state index is 11.5. The Balaban J connectivity index is 2.16. The molecule has 0 saturated heterocycles. The van der Waals surface area contributed by atoms with Gasteiger partial charge in [-0.15, -0.1) is 0 Å². The molecule has 0 atom stereocenters. The van der Waals surface area contributed by atoms with Crippen molar-refractivity contribution >= 4 is 17.3 Å². The molecule has 108 valence electrons. The number of fused-ring (bicyclic) bond motifs is 1. The fourth-order valence-corrected chi connectivity index (χ4v) is 2.51. The van der Waals surface area contributed by atoms with E-state index in [0.717, 1.165) is 23.6 Å². The van der Waals surface area contributed by atoms with E-state index in [9.17, 15) is 9.90 Å². The number of benzene rings is 1. The average molecular weight is 284 g/mol. The van der Waals surface area contributed by atoms with Crippen molar-refractivity contribution in [3.63, 3.8) is 0 Å². The number of hydrogen-bond acceptors (Lipinski definition) is 4. The number of ether oxygens (including phenoxy) is 1. The van der Waals surface area contributed by atoms with Crippen molar-refractivity contribution in [2.75, 3.05) is 18.1 Å². The molecular formula is C16H16N2O3. The summed E-state index contributed by atoms with van der Waals surface area (Å²) in [5, 5.41) is 9.41. The molecule has 5 nitrogen and oxygen atoms in total. The first-order valence-corrected chi connectivity index (χ1v) is 6.86. The highest BCUT2D eigenvalue weighted by Crippen LogP contribution is 2.37. The zero-order valence-electron chi connectivity index (χ0n) is 11.7. The van der Waals surface area contributed by atoms with Crippen LogP contribution in [0.3, 0.4) is 0 Å². The summed E-state index contributed by atoms with van der Waals surface area (Å²) < 4.78 is 5.73. The van der Waals surface area contributed by atoms with Crippen LogP contribution in [-0.2, 0) is 0 Å². The van der Waals surface area contributed by atoms with Gasteiger partial charge < -0.3 is 14.7 Å². The van der Waals surface area contributed by atoms with Crippen LogP contribution in [0.1, 0.15) is 22.5 Å². The Morgan fingerprint density at radius 1 is 1.33 bits per heavy atom. The Morgan fingerprint density at radius 3 is 2.95 bits per heavy atom. The first kappa shape index (κ1) is 13.4. The van der Waals surface area contributed by atoms with Gasteiger partial charge in [0.1, 0.15) is 11.3 Å². The zero-order chi connectivity index (χ0) is 14.8. The molecule has 1 aromatic carbocycles. The smallest absolute Gasteiger partial charge is 0.339 e.